The summed E-state index contributed by atoms with van der Waals surface area (Å²) in [6.07, 6.45) is -1.69. The van der Waals surface area contributed by atoms with Gasteiger partial charge in [-0.2, -0.15) is 5.26 Å². The Labute approximate surface area is 74.6 Å². The van der Waals surface area contributed by atoms with Crippen molar-refractivity contribution in [3.63, 3.8) is 0 Å². The molecule has 5 heteroatoms. The second kappa shape index (κ2) is 5.81. The van der Waals surface area contributed by atoms with Crippen molar-refractivity contribution in [2.75, 3.05) is 0 Å². The summed E-state index contributed by atoms with van der Waals surface area (Å²) >= 11 is 0. The first-order valence-corrected chi connectivity index (χ1v) is 0.814. The fraction of sp³-hybridized carbons (Fsp3) is 0. The SMILES string of the molecule is O=C(O)OO.[Eu]. The molecule has 0 heterocycles. The van der Waals surface area contributed by atoms with E-state index >= 15 is 0 Å². The monoisotopic (exact) mass is 231 g/mol. The van der Waals surface area contributed by atoms with Crippen molar-refractivity contribution >= 4 is 6.16 Å². The summed E-state index contributed by atoms with van der Waals surface area (Å²) in [4.78, 5) is 11.6. The molecule has 0 fully saturated rings. The van der Waals surface area contributed by atoms with Crippen LogP contribution < -0.4 is 0 Å². The van der Waals surface area contributed by atoms with Crippen LogP contribution >= 0.6 is 0 Å². The van der Waals surface area contributed by atoms with Crippen LogP contribution in [0.1, 0.15) is 0 Å². The third-order valence-electron chi connectivity index (χ3n) is 0.0781. The zero-order valence-electron chi connectivity index (χ0n) is 2.59. The van der Waals surface area contributed by atoms with Crippen LogP contribution in [0.15, 0.2) is 0 Å². The van der Waals surface area contributed by atoms with Crippen molar-refractivity contribution in [2.24, 2.45) is 0 Å². The first-order chi connectivity index (χ1) is 2.27. The van der Waals surface area contributed by atoms with Crippen LogP contribution in [0, 0.1) is 49.4 Å². The van der Waals surface area contributed by atoms with E-state index in [1.165, 1.54) is 0 Å². The van der Waals surface area contributed by atoms with Crippen molar-refractivity contribution in [1.29, 1.82) is 0 Å². The zero-order valence-corrected chi connectivity index (χ0v) is 5.01. The largest absolute Gasteiger partial charge is 0.537 e. The molecule has 0 aromatic rings. The number of hydrogen-bond donors (Lipinski definition) is 2. The molecule has 2 N–H and O–H groups in total. The summed E-state index contributed by atoms with van der Waals surface area (Å²) in [6.45, 7) is 0. The van der Waals surface area contributed by atoms with Gasteiger partial charge in [-0.25, -0.2) is 4.79 Å². The molecule has 0 atom stereocenters. The number of hydrogen-bond acceptors (Lipinski definition) is 3. The van der Waals surface area contributed by atoms with Gasteiger partial charge in [0, 0.05) is 49.4 Å². The van der Waals surface area contributed by atoms with Crippen LogP contribution in [0.4, 0.5) is 4.79 Å². The Hall–Kier alpha value is 0.814. The molecule has 1 radical (unpaired) electrons. The maximum Gasteiger partial charge on any atom is 0.537 e. The van der Waals surface area contributed by atoms with Crippen LogP contribution in [0.5, 0.6) is 0 Å². The molecular formula is CH2EuO4. The van der Waals surface area contributed by atoms with Crippen LogP contribution in [0.2, 0.25) is 0 Å². The molecule has 0 aliphatic carbocycles. The second-order valence-corrected chi connectivity index (χ2v) is 0.357. The minimum atomic E-state index is -1.69. The van der Waals surface area contributed by atoms with Gasteiger partial charge in [-0.15, -0.1) is 0 Å². The van der Waals surface area contributed by atoms with Gasteiger partial charge in [-0.1, -0.05) is 0 Å². The van der Waals surface area contributed by atoms with E-state index in [1.807, 2.05) is 0 Å². The zero-order chi connectivity index (χ0) is 4.28. The van der Waals surface area contributed by atoms with Crippen LogP contribution in [-0.4, -0.2) is 16.5 Å². The Morgan fingerprint density at radius 1 is 1.67 bits per heavy atom. The van der Waals surface area contributed by atoms with Gasteiger partial charge in [0.05, 0.1) is 0 Å². The second-order valence-electron chi connectivity index (χ2n) is 0.357. The molecule has 0 aliphatic rings. The summed E-state index contributed by atoms with van der Waals surface area (Å²) < 4.78 is 0. The van der Waals surface area contributed by atoms with E-state index in [4.69, 9.17) is 15.2 Å². The maximum absolute atomic E-state index is 8.90. The average Bonchev–Trinajstić information content (AvgIpc) is 1.38. The van der Waals surface area contributed by atoms with E-state index < -0.39 is 6.16 Å². The van der Waals surface area contributed by atoms with Gasteiger partial charge in [0.2, 0.25) is 0 Å². The summed E-state index contributed by atoms with van der Waals surface area (Å²) in [5.41, 5.74) is 0. The molecule has 0 aliphatic heterocycles. The van der Waals surface area contributed by atoms with Gasteiger partial charge in [-0.05, 0) is 0 Å². The van der Waals surface area contributed by atoms with E-state index in [-0.39, 0.29) is 49.4 Å². The van der Waals surface area contributed by atoms with Crippen LogP contribution in [0.3, 0.4) is 0 Å². The van der Waals surface area contributed by atoms with Gasteiger partial charge in [0.1, 0.15) is 0 Å². The Kier molecular flexibility index (Phi) is 9.63. The van der Waals surface area contributed by atoms with Crippen molar-refractivity contribution < 1.29 is 69.4 Å². The van der Waals surface area contributed by atoms with Gasteiger partial charge in [-0.3, -0.25) is 4.89 Å². The van der Waals surface area contributed by atoms with E-state index in [0.29, 0.717) is 0 Å². The molecule has 0 saturated heterocycles. The molecular weight excluding hydrogens is 228 g/mol. The third kappa shape index (κ3) is 8.84. The molecule has 0 rings (SSSR count). The normalized spacial score (nSPS) is 5.50. The van der Waals surface area contributed by atoms with Crippen molar-refractivity contribution in [2.45, 2.75) is 0 Å². The molecule has 4 nitrogen and oxygen atoms in total. The van der Waals surface area contributed by atoms with E-state index in [0.717, 1.165) is 0 Å². The Bertz CT molecular complexity index is 42.8. The van der Waals surface area contributed by atoms with Crippen LogP contribution in [0.25, 0.3) is 0 Å². The standard InChI is InChI=1S/CH2O4.Eu/c2-1(3)5-4;/h4H,(H,2,3);. The molecule has 0 amide bonds. The van der Waals surface area contributed by atoms with Crippen molar-refractivity contribution in [1.82, 2.24) is 0 Å². The smallest absolute Gasteiger partial charge is 0.448 e. The fourth-order valence-corrected chi connectivity index (χ4v) is 0. The number of carboxylic acid groups (broad SMARTS) is 1. The van der Waals surface area contributed by atoms with Crippen LogP contribution in [-0.2, 0) is 4.89 Å². The Morgan fingerprint density at radius 3 is 1.83 bits per heavy atom. The summed E-state index contributed by atoms with van der Waals surface area (Å²) in [7, 11) is 0. The topological polar surface area (TPSA) is 66.8 Å². The van der Waals surface area contributed by atoms with Crippen molar-refractivity contribution in [3.05, 3.63) is 0 Å². The number of rotatable bonds is 0. The van der Waals surface area contributed by atoms with E-state index in [1.54, 1.807) is 0 Å². The van der Waals surface area contributed by atoms with Gasteiger partial charge in [0.25, 0.3) is 0 Å². The molecule has 0 unspecified atom stereocenters. The fourth-order valence-electron chi connectivity index (χ4n) is 0. The molecule has 0 bridgehead atoms. The maximum atomic E-state index is 8.90. The predicted octanol–water partition coefficient (Wildman–Crippen LogP) is 0.154. The molecule has 0 aromatic heterocycles. The quantitative estimate of drug-likeness (QED) is 0.459. The number of carbonyl (C=O) groups is 1. The summed E-state index contributed by atoms with van der Waals surface area (Å²) in [6, 6.07) is 0. The molecule has 0 aromatic carbocycles. The van der Waals surface area contributed by atoms with Gasteiger partial charge in [0.15, 0.2) is 0 Å². The van der Waals surface area contributed by atoms with Crippen molar-refractivity contribution in [3.8, 4) is 0 Å². The molecule has 37 valence electrons. The molecule has 0 saturated carbocycles. The molecule has 6 heavy (non-hydrogen) atoms. The van der Waals surface area contributed by atoms with Gasteiger partial charge >= 0.3 is 6.16 Å². The first kappa shape index (κ1) is 9.94. The molecule has 0 spiro atoms. The van der Waals surface area contributed by atoms with E-state index in [9.17, 15) is 0 Å². The third-order valence-corrected chi connectivity index (χ3v) is 0.0781. The summed E-state index contributed by atoms with van der Waals surface area (Å²) in [5, 5.41) is 14.3. The Balaban J connectivity index is 0. The minimum absolute atomic E-state index is 0. The minimum Gasteiger partial charge on any atom is -0.448 e. The Morgan fingerprint density at radius 2 is 1.83 bits per heavy atom. The first-order valence-electron chi connectivity index (χ1n) is 0.814. The summed E-state index contributed by atoms with van der Waals surface area (Å²) in [5.74, 6) is 0. The average molecular weight is 230 g/mol. The van der Waals surface area contributed by atoms with E-state index in [2.05, 4.69) is 4.89 Å². The van der Waals surface area contributed by atoms with Gasteiger partial charge < -0.3 is 5.11 Å². The predicted molar refractivity (Wildman–Crippen MR) is 11.7 cm³/mol.